The van der Waals surface area contributed by atoms with E-state index in [4.69, 9.17) is 26.2 Å². The lowest BCUT2D eigenvalue weighted by atomic mass is 10.0. The average molecular weight is 588 g/mol. The third-order valence-electron chi connectivity index (χ3n) is 4.33. The predicted molar refractivity (Wildman–Crippen MR) is 132 cm³/mol. The van der Waals surface area contributed by atoms with Gasteiger partial charge >= 0.3 is 5.97 Å². The van der Waals surface area contributed by atoms with E-state index in [-0.39, 0.29) is 16.5 Å². The summed E-state index contributed by atoms with van der Waals surface area (Å²) >= 11 is 8.05. The van der Waals surface area contributed by atoms with Gasteiger partial charge in [-0.05, 0) is 58.3 Å². The number of carboxylic acid groups (broad SMARTS) is 1. The van der Waals surface area contributed by atoms with Gasteiger partial charge in [0.1, 0.15) is 6.04 Å². The van der Waals surface area contributed by atoms with Gasteiger partial charge in [0.2, 0.25) is 0 Å². The third kappa shape index (κ3) is 7.60. The van der Waals surface area contributed by atoms with Crippen molar-refractivity contribution in [3.05, 3.63) is 56.1 Å². The Morgan fingerprint density at radius 2 is 1.94 bits per heavy atom. The first-order valence-electron chi connectivity index (χ1n) is 9.74. The minimum absolute atomic E-state index is 0.210. The first-order chi connectivity index (χ1) is 15.6. The van der Waals surface area contributed by atoms with Crippen LogP contribution in [0.5, 0.6) is 11.5 Å². The molecule has 0 bridgehead atoms. The number of benzene rings is 2. The van der Waals surface area contributed by atoms with Gasteiger partial charge in [0.25, 0.3) is 11.8 Å². The number of nitrogens with one attached hydrogen (secondary N) is 2. The van der Waals surface area contributed by atoms with Gasteiger partial charge in [0, 0.05) is 0 Å². The normalized spacial score (nSPS) is 11.8. The summed E-state index contributed by atoms with van der Waals surface area (Å²) in [4.78, 5) is 35.9. The second-order valence-corrected chi connectivity index (χ2v) is 8.70. The zero-order valence-corrected chi connectivity index (χ0v) is 21.0. The molecule has 0 heterocycles. The lowest BCUT2D eigenvalue weighted by Crippen LogP contribution is -2.48. The Morgan fingerprint density at radius 3 is 2.55 bits per heavy atom. The Morgan fingerprint density at radius 1 is 1.24 bits per heavy atom. The molecule has 3 N–H and O–H groups in total. The van der Waals surface area contributed by atoms with E-state index in [2.05, 4.69) is 15.8 Å². The van der Waals surface area contributed by atoms with E-state index in [1.165, 1.54) is 13.3 Å². The fourth-order valence-corrected chi connectivity index (χ4v) is 3.73. The maximum atomic E-state index is 12.6. The van der Waals surface area contributed by atoms with Gasteiger partial charge in [-0.3, -0.25) is 9.59 Å². The van der Waals surface area contributed by atoms with Crippen molar-refractivity contribution in [3.63, 3.8) is 0 Å². The fraction of sp³-hybridized carbons (Fsp3) is 0.273. The van der Waals surface area contributed by atoms with Gasteiger partial charge in [-0.2, -0.15) is 5.10 Å². The molecule has 1 atom stereocenters. The number of ether oxygens (including phenoxy) is 2. The van der Waals surface area contributed by atoms with E-state index in [0.717, 1.165) is 0 Å². The lowest BCUT2D eigenvalue weighted by molar-refractivity contribution is -0.139. The van der Waals surface area contributed by atoms with Crippen LogP contribution in [0.3, 0.4) is 0 Å². The van der Waals surface area contributed by atoms with Crippen molar-refractivity contribution in [2.45, 2.75) is 19.9 Å². The van der Waals surface area contributed by atoms with E-state index in [1.807, 2.05) is 22.6 Å². The molecule has 0 spiro atoms. The molecule has 0 aliphatic carbocycles. The molecular formula is C22H23ClIN3O6. The van der Waals surface area contributed by atoms with Gasteiger partial charge in [0.05, 0.1) is 27.5 Å². The summed E-state index contributed by atoms with van der Waals surface area (Å²) < 4.78 is 11.1. The van der Waals surface area contributed by atoms with Crippen molar-refractivity contribution in [2.24, 2.45) is 11.0 Å². The Hall–Kier alpha value is -2.86. The number of hydrazone groups is 1. The molecule has 2 amide bonds. The van der Waals surface area contributed by atoms with Crippen LogP contribution < -0.4 is 20.2 Å². The topological polar surface area (TPSA) is 126 Å². The van der Waals surface area contributed by atoms with Crippen molar-refractivity contribution in [2.75, 3.05) is 13.7 Å². The van der Waals surface area contributed by atoms with Crippen molar-refractivity contribution < 1.29 is 29.0 Å². The van der Waals surface area contributed by atoms with Crippen LogP contribution in [0.25, 0.3) is 0 Å². The SMILES string of the molecule is COc1cc(/C=N/NC(=O)C(NC(=O)c2ccccc2Cl)C(C)C)cc(I)c1OCC(=O)O. The Kier molecular flexibility index (Phi) is 9.92. The van der Waals surface area contributed by atoms with Crippen LogP contribution >= 0.6 is 34.2 Å². The molecule has 0 saturated heterocycles. The second-order valence-electron chi connectivity index (χ2n) is 7.13. The fourth-order valence-electron chi connectivity index (χ4n) is 2.73. The van der Waals surface area contributed by atoms with Crippen molar-refractivity contribution >= 4 is 58.2 Å². The van der Waals surface area contributed by atoms with Gasteiger partial charge < -0.3 is 19.9 Å². The van der Waals surface area contributed by atoms with Crippen LogP contribution in [0, 0.1) is 9.49 Å². The molecule has 0 aliphatic heterocycles. The number of methoxy groups -OCH3 is 1. The highest BCUT2D eigenvalue weighted by atomic mass is 127. The molecule has 0 radical (unpaired) electrons. The van der Waals surface area contributed by atoms with Gasteiger partial charge in [0.15, 0.2) is 18.1 Å². The summed E-state index contributed by atoms with van der Waals surface area (Å²) in [5, 5.41) is 15.7. The Labute approximate surface area is 209 Å². The molecular weight excluding hydrogens is 565 g/mol. The van der Waals surface area contributed by atoms with Crippen molar-refractivity contribution in [1.29, 1.82) is 0 Å². The zero-order valence-electron chi connectivity index (χ0n) is 18.1. The summed E-state index contributed by atoms with van der Waals surface area (Å²) in [6.07, 6.45) is 1.40. The molecule has 2 aromatic carbocycles. The molecule has 9 nitrogen and oxygen atoms in total. The average Bonchev–Trinajstić information content (AvgIpc) is 2.76. The van der Waals surface area contributed by atoms with Crippen molar-refractivity contribution in [1.82, 2.24) is 10.7 Å². The highest BCUT2D eigenvalue weighted by molar-refractivity contribution is 14.1. The number of rotatable bonds is 10. The largest absolute Gasteiger partial charge is 0.493 e. The molecule has 0 aliphatic rings. The molecule has 176 valence electrons. The molecule has 1 unspecified atom stereocenters. The molecule has 2 rings (SSSR count). The van der Waals surface area contributed by atoms with E-state index in [9.17, 15) is 14.4 Å². The van der Waals surface area contributed by atoms with E-state index in [0.29, 0.717) is 20.6 Å². The van der Waals surface area contributed by atoms with Gasteiger partial charge in [-0.15, -0.1) is 0 Å². The smallest absolute Gasteiger partial charge is 0.341 e. The van der Waals surface area contributed by atoms with E-state index >= 15 is 0 Å². The number of halogens is 2. The zero-order chi connectivity index (χ0) is 24.5. The minimum Gasteiger partial charge on any atom is -0.493 e. The van der Waals surface area contributed by atoms with Crippen LogP contribution in [0.15, 0.2) is 41.5 Å². The quantitative estimate of drug-likeness (QED) is 0.222. The van der Waals surface area contributed by atoms with E-state index in [1.54, 1.807) is 50.2 Å². The standard InChI is InChI=1S/C22H23ClIN3O6/c1-12(2)19(26-21(30)14-6-4-5-7-15(14)23)22(31)27-25-10-13-8-16(24)20(17(9-13)32-3)33-11-18(28)29/h4-10,12,19H,11H2,1-3H3,(H,26,30)(H,27,31)(H,28,29)/b25-10+. The number of carboxylic acids is 1. The van der Waals surface area contributed by atoms with Crippen LogP contribution in [0.1, 0.15) is 29.8 Å². The van der Waals surface area contributed by atoms with Crippen molar-refractivity contribution in [3.8, 4) is 11.5 Å². The second kappa shape index (κ2) is 12.4. The molecule has 11 heteroatoms. The number of amides is 2. The monoisotopic (exact) mass is 587 g/mol. The maximum Gasteiger partial charge on any atom is 0.341 e. The summed E-state index contributed by atoms with van der Waals surface area (Å²) in [5.74, 6) is -1.66. The molecule has 2 aromatic rings. The molecule has 0 aromatic heterocycles. The Bertz CT molecular complexity index is 1060. The summed E-state index contributed by atoms with van der Waals surface area (Å²) in [5.41, 5.74) is 3.28. The number of carbonyl (C=O) groups is 3. The highest BCUT2D eigenvalue weighted by Crippen LogP contribution is 2.33. The van der Waals surface area contributed by atoms with Gasteiger partial charge in [-0.1, -0.05) is 37.6 Å². The summed E-state index contributed by atoms with van der Waals surface area (Å²) in [6, 6.07) is 9.00. The van der Waals surface area contributed by atoms with Crippen LogP contribution in [-0.4, -0.2) is 48.9 Å². The van der Waals surface area contributed by atoms with Crippen LogP contribution in [-0.2, 0) is 9.59 Å². The first kappa shape index (κ1) is 26.4. The third-order valence-corrected chi connectivity index (χ3v) is 5.47. The van der Waals surface area contributed by atoms with Crippen LogP contribution in [0.2, 0.25) is 5.02 Å². The minimum atomic E-state index is -1.11. The highest BCUT2D eigenvalue weighted by Gasteiger charge is 2.25. The van der Waals surface area contributed by atoms with Crippen LogP contribution in [0.4, 0.5) is 0 Å². The number of hydrogen-bond donors (Lipinski definition) is 3. The number of hydrogen-bond acceptors (Lipinski definition) is 6. The summed E-state index contributed by atoms with van der Waals surface area (Å²) in [6.45, 7) is 3.08. The Balaban J connectivity index is 2.10. The molecule has 0 saturated carbocycles. The van der Waals surface area contributed by atoms with E-state index < -0.39 is 30.4 Å². The molecule has 33 heavy (non-hydrogen) atoms. The number of aliphatic carboxylic acids is 1. The maximum absolute atomic E-state index is 12.6. The number of carbonyl (C=O) groups excluding carboxylic acids is 2. The predicted octanol–water partition coefficient (Wildman–Crippen LogP) is 3.32. The summed E-state index contributed by atoms with van der Waals surface area (Å²) in [7, 11) is 1.43. The molecule has 0 fully saturated rings. The lowest BCUT2D eigenvalue weighted by Gasteiger charge is -2.20. The van der Waals surface area contributed by atoms with Gasteiger partial charge in [-0.25, -0.2) is 10.2 Å². The number of nitrogens with zero attached hydrogens (tertiary/aromatic N) is 1. The first-order valence-corrected chi connectivity index (χ1v) is 11.2.